The largest absolute Gasteiger partial charge is 0.370 e. The number of benzene rings is 1. The van der Waals surface area contributed by atoms with Crippen LogP contribution in [-0.4, -0.2) is 26.2 Å². The van der Waals surface area contributed by atoms with Gasteiger partial charge in [0.15, 0.2) is 0 Å². The summed E-state index contributed by atoms with van der Waals surface area (Å²) in [5.74, 6) is 0. The molecule has 1 aromatic carbocycles. The first-order valence-electron chi connectivity index (χ1n) is 6.11. The van der Waals surface area contributed by atoms with Gasteiger partial charge in [0, 0.05) is 25.3 Å². The van der Waals surface area contributed by atoms with Gasteiger partial charge in [0.1, 0.15) is 0 Å². The van der Waals surface area contributed by atoms with Gasteiger partial charge >= 0.3 is 0 Å². The fraction of sp³-hybridized carbons (Fsp3) is 0.571. The van der Waals surface area contributed by atoms with Crippen LogP contribution in [0.15, 0.2) is 12.1 Å². The summed E-state index contributed by atoms with van der Waals surface area (Å²) in [6.07, 6.45) is 1.25. The highest BCUT2D eigenvalue weighted by Crippen LogP contribution is 2.27. The fourth-order valence-corrected chi connectivity index (χ4v) is 2.88. The lowest BCUT2D eigenvalue weighted by atomic mass is 10.0. The smallest absolute Gasteiger partial charge is 0.0426 e. The molecule has 1 heterocycles. The molecule has 0 amide bonds. The van der Waals surface area contributed by atoms with E-state index in [1.807, 2.05) is 0 Å². The molecule has 2 rings (SSSR count). The van der Waals surface area contributed by atoms with Crippen LogP contribution in [0.25, 0.3) is 0 Å². The van der Waals surface area contributed by atoms with E-state index in [2.05, 4.69) is 50.2 Å². The van der Waals surface area contributed by atoms with Gasteiger partial charge in [-0.25, -0.2) is 0 Å². The van der Waals surface area contributed by atoms with Crippen LogP contribution in [0.5, 0.6) is 0 Å². The molecule has 1 fully saturated rings. The molecule has 1 aliphatic heterocycles. The monoisotopic (exact) mass is 218 g/mol. The molecule has 88 valence electrons. The molecule has 0 bridgehead atoms. The molecule has 0 saturated carbocycles. The topological polar surface area (TPSA) is 15.3 Å². The van der Waals surface area contributed by atoms with Crippen molar-refractivity contribution in [2.75, 3.05) is 25.0 Å². The molecule has 1 aliphatic rings. The number of hydrogen-bond donors (Lipinski definition) is 1. The van der Waals surface area contributed by atoms with Crippen molar-refractivity contribution in [2.24, 2.45) is 0 Å². The lowest BCUT2D eigenvalue weighted by Gasteiger charge is -2.29. The number of nitrogens with one attached hydrogen (secondary N) is 1. The molecule has 0 spiro atoms. The lowest BCUT2D eigenvalue weighted by Crippen LogP contribution is -2.34. The molecule has 1 saturated heterocycles. The van der Waals surface area contributed by atoms with E-state index in [0.29, 0.717) is 6.04 Å². The first kappa shape index (κ1) is 11.5. The quantitative estimate of drug-likeness (QED) is 0.820. The Kier molecular flexibility index (Phi) is 3.20. The van der Waals surface area contributed by atoms with Crippen molar-refractivity contribution in [3.63, 3.8) is 0 Å². The van der Waals surface area contributed by atoms with Gasteiger partial charge in [-0.2, -0.15) is 0 Å². The normalized spacial score (nSPS) is 20.1. The van der Waals surface area contributed by atoms with Crippen molar-refractivity contribution < 1.29 is 0 Å². The maximum absolute atomic E-state index is 3.43. The maximum Gasteiger partial charge on any atom is 0.0426 e. The number of likely N-dealkylation sites (N-methyl/N-ethyl adjacent to an activating group) is 1. The van der Waals surface area contributed by atoms with E-state index in [4.69, 9.17) is 0 Å². The second-order valence-electron chi connectivity index (χ2n) is 5.00. The van der Waals surface area contributed by atoms with Crippen molar-refractivity contribution in [2.45, 2.75) is 33.2 Å². The summed E-state index contributed by atoms with van der Waals surface area (Å²) in [6, 6.07) is 5.21. The molecule has 0 aliphatic carbocycles. The average molecular weight is 218 g/mol. The van der Waals surface area contributed by atoms with Crippen LogP contribution in [-0.2, 0) is 0 Å². The van der Waals surface area contributed by atoms with E-state index in [9.17, 15) is 0 Å². The lowest BCUT2D eigenvalue weighted by molar-refractivity contribution is 0.682. The summed E-state index contributed by atoms with van der Waals surface area (Å²) >= 11 is 0. The van der Waals surface area contributed by atoms with Crippen LogP contribution in [0.3, 0.4) is 0 Å². The third kappa shape index (κ3) is 2.07. The molecular weight excluding hydrogens is 196 g/mol. The minimum absolute atomic E-state index is 0.653. The van der Waals surface area contributed by atoms with Gasteiger partial charge in [0.25, 0.3) is 0 Å². The Morgan fingerprint density at radius 2 is 1.81 bits per heavy atom. The summed E-state index contributed by atoms with van der Waals surface area (Å²) < 4.78 is 0. The van der Waals surface area contributed by atoms with Gasteiger partial charge in [-0.3, -0.25) is 0 Å². The van der Waals surface area contributed by atoms with Crippen molar-refractivity contribution >= 4 is 5.69 Å². The molecule has 0 aromatic heterocycles. The standard InChI is InChI=1S/C14H22N2/c1-10-7-11(2)14(12(3)8-10)16(4)13-5-6-15-9-13/h7-8,13,15H,5-6,9H2,1-4H3. The Labute approximate surface area is 98.7 Å². The highest BCUT2D eigenvalue weighted by Gasteiger charge is 2.21. The van der Waals surface area contributed by atoms with Crippen molar-refractivity contribution in [3.05, 3.63) is 28.8 Å². The molecule has 1 aromatic rings. The van der Waals surface area contributed by atoms with Crippen molar-refractivity contribution in [1.29, 1.82) is 0 Å². The van der Waals surface area contributed by atoms with Crippen molar-refractivity contribution in [3.8, 4) is 0 Å². The van der Waals surface area contributed by atoms with Crippen LogP contribution in [0.1, 0.15) is 23.1 Å². The number of aryl methyl sites for hydroxylation is 3. The summed E-state index contributed by atoms with van der Waals surface area (Å²) in [5, 5.41) is 3.43. The van der Waals surface area contributed by atoms with Crippen LogP contribution in [0.2, 0.25) is 0 Å². The maximum atomic E-state index is 3.43. The minimum atomic E-state index is 0.653. The van der Waals surface area contributed by atoms with Gasteiger partial charge in [-0.05, 0) is 44.9 Å². The van der Waals surface area contributed by atoms with E-state index in [1.165, 1.54) is 28.8 Å². The zero-order valence-corrected chi connectivity index (χ0v) is 10.8. The van der Waals surface area contributed by atoms with E-state index in [1.54, 1.807) is 0 Å². The minimum Gasteiger partial charge on any atom is -0.370 e. The van der Waals surface area contributed by atoms with Crippen molar-refractivity contribution in [1.82, 2.24) is 5.32 Å². The van der Waals surface area contributed by atoms with E-state index in [-0.39, 0.29) is 0 Å². The Morgan fingerprint density at radius 1 is 1.19 bits per heavy atom. The third-order valence-corrected chi connectivity index (χ3v) is 3.57. The van der Waals surface area contributed by atoms with Gasteiger partial charge in [-0.1, -0.05) is 17.7 Å². The zero-order valence-electron chi connectivity index (χ0n) is 10.8. The van der Waals surface area contributed by atoms with Gasteiger partial charge < -0.3 is 10.2 Å². The van der Waals surface area contributed by atoms with Crippen LogP contribution in [0.4, 0.5) is 5.69 Å². The second-order valence-corrected chi connectivity index (χ2v) is 5.00. The summed E-state index contributed by atoms with van der Waals surface area (Å²) in [5.41, 5.74) is 5.56. The number of hydrogen-bond acceptors (Lipinski definition) is 2. The number of nitrogens with zero attached hydrogens (tertiary/aromatic N) is 1. The predicted octanol–water partition coefficient (Wildman–Crippen LogP) is 2.41. The van der Waals surface area contributed by atoms with E-state index < -0.39 is 0 Å². The van der Waals surface area contributed by atoms with Crippen LogP contribution < -0.4 is 10.2 Å². The molecular formula is C14H22N2. The summed E-state index contributed by atoms with van der Waals surface area (Å²) in [4.78, 5) is 2.45. The molecule has 16 heavy (non-hydrogen) atoms. The first-order chi connectivity index (χ1) is 7.59. The highest BCUT2D eigenvalue weighted by atomic mass is 15.2. The van der Waals surface area contributed by atoms with Crippen LogP contribution in [0, 0.1) is 20.8 Å². The Bertz CT molecular complexity index is 355. The summed E-state index contributed by atoms with van der Waals surface area (Å²) in [6.45, 7) is 8.87. The van der Waals surface area contributed by atoms with E-state index in [0.717, 1.165) is 13.1 Å². The Morgan fingerprint density at radius 3 is 2.31 bits per heavy atom. The van der Waals surface area contributed by atoms with Crippen LogP contribution >= 0.6 is 0 Å². The predicted molar refractivity (Wildman–Crippen MR) is 70.3 cm³/mol. The fourth-order valence-electron chi connectivity index (χ4n) is 2.88. The first-order valence-corrected chi connectivity index (χ1v) is 6.11. The number of rotatable bonds is 2. The molecule has 2 heteroatoms. The third-order valence-electron chi connectivity index (χ3n) is 3.57. The van der Waals surface area contributed by atoms with Gasteiger partial charge in [0.2, 0.25) is 0 Å². The molecule has 1 atom stereocenters. The van der Waals surface area contributed by atoms with E-state index >= 15 is 0 Å². The van der Waals surface area contributed by atoms with Gasteiger partial charge in [-0.15, -0.1) is 0 Å². The number of anilines is 1. The molecule has 0 radical (unpaired) electrons. The molecule has 1 N–H and O–H groups in total. The second kappa shape index (κ2) is 4.46. The SMILES string of the molecule is Cc1cc(C)c(N(C)C2CCNC2)c(C)c1. The Balaban J connectivity index is 2.31. The zero-order chi connectivity index (χ0) is 11.7. The highest BCUT2D eigenvalue weighted by molar-refractivity contribution is 5.60. The Hall–Kier alpha value is -1.02. The molecule has 2 nitrogen and oxygen atoms in total. The average Bonchev–Trinajstić information content (AvgIpc) is 2.67. The summed E-state index contributed by atoms with van der Waals surface area (Å²) in [7, 11) is 2.22. The molecule has 1 unspecified atom stereocenters. The van der Waals surface area contributed by atoms with Gasteiger partial charge in [0.05, 0.1) is 0 Å².